The molecule has 1 aromatic carbocycles. The molecule has 3 aliphatic rings. The fourth-order valence-corrected chi connectivity index (χ4v) is 5.15. The topological polar surface area (TPSA) is 82.2 Å². The van der Waals surface area contributed by atoms with Crippen LogP contribution in [0.15, 0.2) is 48.2 Å². The molecule has 35 heavy (non-hydrogen) atoms. The zero-order valence-electron chi connectivity index (χ0n) is 20.3. The maximum atomic E-state index is 13.6. The summed E-state index contributed by atoms with van der Waals surface area (Å²) in [5.41, 5.74) is 1.79. The summed E-state index contributed by atoms with van der Waals surface area (Å²) in [5, 5.41) is 3.45. The largest absolute Gasteiger partial charge is 0.376 e. The first-order valence-corrected chi connectivity index (χ1v) is 12.5. The number of nitrogens with one attached hydrogen (secondary N) is 1. The lowest BCUT2D eigenvalue weighted by atomic mass is 9.95. The fourth-order valence-electron chi connectivity index (χ4n) is 4.95. The Morgan fingerprint density at radius 1 is 1.37 bits per heavy atom. The second-order valence-electron chi connectivity index (χ2n) is 9.69. The zero-order valence-corrected chi connectivity index (χ0v) is 21.1. The number of ether oxygens (including phenoxy) is 1. The molecule has 0 radical (unpaired) electrons. The van der Waals surface area contributed by atoms with Gasteiger partial charge in [0, 0.05) is 31.3 Å². The van der Waals surface area contributed by atoms with Crippen LogP contribution in [0.1, 0.15) is 38.3 Å². The number of rotatable bonds is 9. The average Bonchev–Trinajstić information content (AvgIpc) is 3.43. The normalized spacial score (nSPS) is 22.1. The Balaban J connectivity index is 1.57. The maximum Gasteiger partial charge on any atom is 0.322 e. The summed E-state index contributed by atoms with van der Waals surface area (Å²) >= 11 is 6.19. The molecule has 3 heterocycles. The standard InChI is InChI=1S/C26H33ClN4O4/c1-4-10-31-21-15-30(16-22(32)29(13-17(2)3)14-20-9-6-11-35-20)25(33)23(21)24(28-26(31)34)18-7-5-8-19(27)12-18/h4-5,7-8,12,17,20,24H,1,6,9-11,13-16H2,2-3H3,(H,28,34)/t20-,24+/m1/s1. The van der Waals surface area contributed by atoms with Crippen molar-refractivity contribution in [1.29, 1.82) is 0 Å². The van der Waals surface area contributed by atoms with Crippen molar-refractivity contribution in [3.63, 3.8) is 0 Å². The SMILES string of the molecule is C=CCN1C(=O)N[C@@H](c2cccc(Cl)c2)C2=C1CN(CC(=O)N(CC(C)C)C[C@H]1CCCO1)C2=O. The van der Waals surface area contributed by atoms with Crippen molar-refractivity contribution < 1.29 is 19.1 Å². The van der Waals surface area contributed by atoms with Gasteiger partial charge in [-0.25, -0.2) is 4.79 Å². The van der Waals surface area contributed by atoms with Crippen molar-refractivity contribution in [3.05, 3.63) is 58.8 Å². The number of amides is 4. The van der Waals surface area contributed by atoms with Gasteiger partial charge in [-0.15, -0.1) is 6.58 Å². The molecule has 0 aliphatic carbocycles. The Kier molecular flexibility index (Phi) is 7.82. The van der Waals surface area contributed by atoms with Gasteiger partial charge in [0.25, 0.3) is 5.91 Å². The van der Waals surface area contributed by atoms with Crippen molar-refractivity contribution in [2.24, 2.45) is 5.92 Å². The van der Waals surface area contributed by atoms with E-state index in [1.165, 1.54) is 9.80 Å². The van der Waals surface area contributed by atoms with Crippen molar-refractivity contribution in [2.75, 3.05) is 39.3 Å². The van der Waals surface area contributed by atoms with E-state index in [9.17, 15) is 14.4 Å². The molecule has 3 aliphatic heterocycles. The van der Waals surface area contributed by atoms with E-state index in [2.05, 4.69) is 25.7 Å². The molecular weight excluding hydrogens is 468 g/mol. The molecule has 0 bridgehead atoms. The molecule has 8 nitrogen and oxygen atoms in total. The summed E-state index contributed by atoms with van der Waals surface area (Å²) in [6, 6.07) is 6.16. The Morgan fingerprint density at radius 2 is 2.17 bits per heavy atom. The van der Waals surface area contributed by atoms with E-state index < -0.39 is 6.04 Å². The van der Waals surface area contributed by atoms with Gasteiger partial charge >= 0.3 is 6.03 Å². The minimum Gasteiger partial charge on any atom is -0.376 e. The molecule has 4 rings (SSSR count). The highest BCUT2D eigenvalue weighted by Gasteiger charge is 2.44. The molecule has 1 aromatic rings. The Labute approximate surface area is 211 Å². The monoisotopic (exact) mass is 500 g/mol. The van der Waals surface area contributed by atoms with Crippen LogP contribution in [-0.2, 0) is 14.3 Å². The highest BCUT2D eigenvalue weighted by molar-refractivity contribution is 6.30. The predicted octanol–water partition coefficient (Wildman–Crippen LogP) is 3.35. The summed E-state index contributed by atoms with van der Waals surface area (Å²) in [6.45, 7) is 10.1. The van der Waals surface area contributed by atoms with E-state index in [-0.39, 0.29) is 49.5 Å². The van der Waals surface area contributed by atoms with E-state index >= 15 is 0 Å². The first-order chi connectivity index (χ1) is 16.8. The van der Waals surface area contributed by atoms with Crippen LogP contribution in [0.3, 0.4) is 0 Å². The number of hydrogen-bond acceptors (Lipinski definition) is 4. The summed E-state index contributed by atoms with van der Waals surface area (Å²) < 4.78 is 5.75. The average molecular weight is 501 g/mol. The first kappa shape index (κ1) is 25.3. The van der Waals surface area contributed by atoms with Crippen molar-refractivity contribution in [2.45, 2.75) is 38.8 Å². The highest BCUT2D eigenvalue weighted by atomic mass is 35.5. The molecular formula is C26H33ClN4O4. The number of nitrogens with zero attached hydrogens (tertiary/aromatic N) is 3. The van der Waals surface area contributed by atoms with E-state index in [1.54, 1.807) is 24.3 Å². The van der Waals surface area contributed by atoms with Crippen LogP contribution < -0.4 is 5.32 Å². The van der Waals surface area contributed by atoms with Gasteiger partial charge in [-0.3, -0.25) is 14.5 Å². The smallest absolute Gasteiger partial charge is 0.322 e. The van der Waals surface area contributed by atoms with Gasteiger partial charge in [0.05, 0.1) is 30.0 Å². The number of urea groups is 1. The van der Waals surface area contributed by atoms with Gasteiger partial charge in [-0.2, -0.15) is 0 Å². The molecule has 188 valence electrons. The van der Waals surface area contributed by atoms with E-state index in [0.29, 0.717) is 29.4 Å². The molecule has 1 saturated heterocycles. The summed E-state index contributed by atoms with van der Waals surface area (Å²) in [7, 11) is 0. The molecule has 0 spiro atoms. The van der Waals surface area contributed by atoms with E-state index in [0.717, 1.165) is 25.0 Å². The summed E-state index contributed by atoms with van der Waals surface area (Å²) in [4.78, 5) is 44.8. The second-order valence-corrected chi connectivity index (χ2v) is 10.1. The number of hydrogen-bond donors (Lipinski definition) is 1. The van der Waals surface area contributed by atoms with Crippen LogP contribution in [0.25, 0.3) is 0 Å². The van der Waals surface area contributed by atoms with Crippen molar-refractivity contribution in [3.8, 4) is 0 Å². The van der Waals surface area contributed by atoms with Crippen LogP contribution in [0.4, 0.5) is 4.79 Å². The summed E-state index contributed by atoms with van der Waals surface area (Å²) in [6.07, 6.45) is 3.59. The molecule has 4 amide bonds. The molecule has 9 heteroatoms. The minimum atomic E-state index is -0.636. The van der Waals surface area contributed by atoms with Gasteiger partial charge in [-0.1, -0.05) is 43.7 Å². The van der Waals surface area contributed by atoms with Gasteiger partial charge < -0.3 is 19.9 Å². The third-order valence-corrected chi connectivity index (χ3v) is 6.74. The molecule has 2 atom stereocenters. The third-order valence-electron chi connectivity index (χ3n) is 6.50. The lowest BCUT2D eigenvalue weighted by Gasteiger charge is -2.33. The van der Waals surface area contributed by atoms with Crippen LogP contribution >= 0.6 is 11.6 Å². The van der Waals surface area contributed by atoms with Gasteiger partial charge in [-0.05, 0) is 36.5 Å². The molecule has 0 saturated carbocycles. The van der Waals surface area contributed by atoms with Gasteiger partial charge in [0.15, 0.2) is 0 Å². The predicted molar refractivity (Wildman–Crippen MR) is 134 cm³/mol. The van der Waals surface area contributed by atoms with Crippen LogP contribution in [0.2, 0.25) is 5.02 Å². The Morgan fingerprint density at radius 3 is 2.83 bits per heavy atom. The number of benzene rings is 1. The molecule has 1 N–H and O–H groups in total. The third kappa shape index (κ3) is 5.54. The van der Waals surface area contributed by atoms with Crippen LogP contribution in [0.5, 0.6) is 0 Å². The van der Waals surface area contributed by atoms with E-state index in [1.807, 2.05) is 11.0 Å². The first-order valence-electron chi connectivity index (χ1n) is 12.1. The van der Waals surface area contributed by atoms with Crippen molar-refractivity contribution >= 4 is 29.4 Å². The van der Waals surface area contributed by atoms with Crippen LogP contribution in [-0.4, -0.2) is 78.0 Å². The fraction of sp³-hybridized carbons (Fsp3) is 0.500. The van der Waals surface area contributed by atoms with E-state index in [4.69, 9.17) is 16.3 Å². The lowest BCUT2D eigenvalue weighted by molar-refractivity contribution is -0.139. The number of halogens is 1. The van der Waals surface area contributed by atoms with Gasteiger partial charge in [0.1, 0.15) is 6.54 Å². The van der Waals surface area contributed by atoms with Gasteiger partial charge in [0.2, 0.25) is 5.91 Å². The Bertz CT molecular complexity index is 1030. The lowest BCUT2D eigenvalue weighted by Crippen LogP contribution is -2.47. The molecule has 0 aromatic heterocycles. The molecule has 0 unspecified atom stereocenters. The quantitative estimate of drug-likeness (QED) is 0.527. The van der Waals surface area contributed by atoms with Crippen LogP contribution in [0, 0.1) is 5.92 Å². The zero-order chi connectivity index (χ0) is 25.1. The minimum absolute atomic E-state index is 0.0374. The molecule has 1 fully saturated rings. The summed E-state index contributed by atoms with van der Waals surface area (Å²) in [5.74, 6) is -0.0802. The number of carbonyl (C=O) groups excluding carboxylic acids is 3. The maximum absolute atomic E-state index is 13.6. The second kappa shape index (κ2) is 10.8. The highest BCUT2D eigenvalue weighted by Crippen LogP contribution is 2.36. The van der Waals surface area contributed by atoms with Crippen molar-refractivity contribution in [1.82, 2.24) is 20.0 Å². The Hall–Kier alpha value is -2.84. The number of carbonyl (C=O) groups is 3.